The second kappa shape index (κ2) is 8.23. The highest BCUT2D eigenvalue weighted by Crippen LogP contribution is 2.00. The molecular weight excluding hydrogens is 212 g/mol. The number of nitrogens with zero attached hydrogens (tertiary/aromatic N) is 3. The number of aryl methyl sites for hydroxylation is 2. The zero-order chi connectivity index (χ0) is 12.5. The third kappa shape index (κ3) is 4.86. The Labute approximate surface area is 105 Å². The molecule has 0 atom stereocenters. The van der Waals surface area contributed by atoms with E-state index in [-0.39, 0.29) is 0 Å². The zero-order valence-corrected chi connectivity index (χ0v) is 11.5. The molecule has 1 N–H and O–H groups in total. The third-order valence-corrected chi connectivity index (χ3v) is 2.88. The summed E-state index contributed by atoms with van der Waals surface area (Å²) in [6.45, 7) is 9.50. The number of rotatable bonds is 9. The molecule has 1 heterocycles. The largest absolute Gasteiger partial charge is 0.315 e. The fraction of sp³-hybridized carbons (Fsp3) is 0.846. The average Bonchev–Trinajstić information content (AvgIpc) is 2.76. The number of hydrogen-bond acceptors (Lipinski definition) is 3. The first kappa shape index (κ1) is 14.2. The van der Waals surface area contributed by atoms with Crippen LogP contribution in [0.25, 0.3) is 0 Å². The molecular formula is C13H26N4. The van der Waals surface area contributed by atoms with Gasteiger partial charge in [-0.25, -0.2) is 9.67 Å². The monoisotopic (exact) mass is 238 g/mol. The highest BCUT2D eigenvalue weighted by atomic mass is 15.3. The molecule has 4 nitrogen and oxygen atoms in total. The molecule has 0 fully saturated rings. The van der Waals surface area contributed by atoms with Crippen LogP contribution < -0.4 is 5.32 Å². The molecule has 0 aromatic carbocycles. The molecule has 1 aromatic rings. The van der Waals surface area contributed by atoms with Crippen LogP contribution in [0.15, 0.2) is 0 Å². The predicted octanol–water partition coefficient (Wildman–Crippen LogP) is 2.18. The van der Waals surface area contributed by atoms with Gasteiger partial charge >= 0.3 is 0 Å². The van der Waals surface area contributed by atoms with Gasteiger partial charge in [-0.1, -0.05) is 33.6 Å². The average molecular weight is 238 g/mol. The molecule has 0 radical (unpaired) electrons. The minimum atomic E-state index is 0.921. The van der Waals surface area contributed by atoms with Crippen LogP contribution in [-0.2, 0) is 19.4 Å². The molecule has 1 rings (SSSR count). The lowest BCUT2D eigenvalue weighted by atomic mass is 10.2. The minimum Gasteiger partial charge on any atom is -0.315 e. The molecule has 1 aromatic heterocycles. The highest BCUT2D eigenvalue weighted by molar-refractivity contribution is 4.92. The van der Waals surface area contributed by atoms with Crippen LogP contribution in [0.2, 0.25) is 0 Å². The van der Waals surface area contributed by atoms with E-state index in [1.54, 1.807) is 0 Å². The Morgan fingerprint density at radius 3 is 2.53 bits per heavy atom. The first-order valence-corrected chi connectivity index (χ1v) is 6.95. The van der Waals surface area contributed by atoms with Crippen molar-refractivity contribution in [2.45, 2.75) is 59.4 Å². The Morgan fingerprint density at radius 1 is 1.06 bits per heavy atom. The smallest absolute Gasteiger partial charge is 0.150 e. The van der Waals surface area contributed by atoms with Crippen LogP contribution in [-0.4, -0.2) is 27.9 Å². The first-order chi connectivity index (χ1) is 8.31. The molecule has 17 heavy (non-hydrogen) atoms. The van der Waals surface area contributed by atoms with Gasteiger partial charge in [0.05, 0.1) is 6.54 Å². The van der Waals surface area contributed by atoms with Gasteiger partial charge in [-0.05, 0) is 13.0 Å². The van der Waals surface area contributed by atoms with Gasteiger partial charge in [-0.3, -0.25) is 0 Å². The normalized spacial score (nSPS) is 11.0. The van der Waals surface area contributed by atoms with Gasteiger partial charge in [0.25, 0.3) is 0 Å². The Bertz CT molecular complexity index is 306. The van der Waals surface area contributed by atoms with E-state index in [0.717, 1.165) is 44.1 Å². The van der Waals surface area contributed by atoms with Crippen molar-refractivity contribution in [1.29, 1.82) is 0 Å². The van der Waals surface area contributed by atoms with Crippen molar-refractivity contribution in [1.82, 2.24) is 20.1 Å². The fourth-order valence-electron chi connectivity index (χ4n) is 1.83. The van der Waals surface area contributed by atoms with E-state index in [1.807, 2.05) is 4.68 Å². The Hall–Kier alpha value is -0.900. The molecule has 0 spiro atoms. The molecule has 0 saturated carbocycles. The molecule has 4 heteroatoms. The van der Waals surface area contributed by atoms with E-state index in [1.165, 1.54) is 19.3 Å². The lowest BCUT2D eigenvalue weighted by molar-refractivity contribution is 0.522. The van der Waals surface area contributed by atoms with Crippen LogP contribution >= 0.6 is 0 Å². The summed E-state index contributed by atoms with van der Waals surface area (Å²) >= 11 is 0. The number of aromatic nitrogens is 3. The summed E-state index contributed by atoms with van der Waals surface area (Å²) in [5, 5.41) is 7.96. The molecule has 0 unspecified atom stereocenters. The van der Waals surface area contributed by atoms with E-state index in [9.17, 15) is 0 Å². The first-order valence-electron chi connectivity index (χ1n) is 6.95. The van der Waals surface area contributed by atoms with E-state index in [4.69, 9.17) is 0 Å². The number of unbranched alkanes of at least 4 members (excludes halogenated alkanes) is 2. The van der Waals surface area contributed by atoms with Gasteiger partial charge in [0, 0.05) is 19.4 Å². The van der Waals surface area contributed by atoms with E-state index < -0.39 is 0 Å². The van der Waals surface area contributed by atoms with Gasteiger partial charge < -0.3 is 5.32 Å². The van der Waals surface area contributed by atoms with Crippen molar-refractivity contribution in [3.05, 3.63) is 11.6 Å². The molecule has 0 aliphatic rings. The summed E-state index contributed by atoms with van der Waals surface area (Å²) in [7, 11) is 0. The summed E-state index contributed by atoms with van der Waals surface area (Å²) in [6, 6.07) is 0. The van der Waals surface area contributed by atoms with Crippen molar-refractivity contribution >= 4 is 0 Å². The molecule has 0 aliphatic heterocycles. The standard InChI is InChI=1S/C13H26N4/c1-4-7-8-9-14-10-11-17-13(6-3)15-12(5-2)16-17/h14H,4-11H2,1-3H3. The van der Waals surface area contributed by atoms with Crippen LogP contribution in [0, 0.1) is 0 Å². The predicted molar refractivity (Wildman–Crippen MR) is 71.2 cm³/mol. The summed E-state index contributed by atoms with van der Waals surface area (Å²) in [5.74, 6) is 2.07. The molecule has 0 bridgehead atoms. The summed E-state index contributed by atoms with van der Waals surface area (Å²) in [5.41, 5.74) is 0. The van der Waals surface area contributed by atoms with Gasteiger partial charge in [0.2, 0.25) is 0 Å². The molecule has 98 valence electrons. The minimum absolute atomic E-state index is 0.921. The second-order valence-electron chi connectivity index (χ2n) is 4.33. The van der Waals surface area contributed by atoms with E-state index in [2.05, 4.69) is 36.2 Å². The van der Waals surface area contributed by atoms with Crippen molar-refractivity contribution in [3.63, 3.8) is 0 Å². The van der Waals surface area contributed by atoms with Crippen molar-refractivity contribution in [2.24, 2.45) is 0 Å². The highest BCUT2D eigenvalue weighted by Gasteiger charge is 2.05. The fourth-order valence-corrected chi connectivity index (χ4v) is 1.83. The van der Waals surface area contributed by atoms with Gasteiger partial charge in [-0.2, -0.15) is 5.10 Å². The maximum Gasteiger partial charge on any atom is 0.150 e. The van der Waals surface area contributed by atoms with Crippen molar-refractivity contribution < 1.29 is 0 Å². The van der Waals surface area contributed by atoms with Crippen LogP contribution in [0.4, 0.5) is 0 Å². The Morgan fingerprint density at radius 2 is 1.88 bits per heavy atom. The maximum atomic E-state index is 4.50. The maximum absolute atomic E-state index is 4.50. The number of nitrogens with one attached hydrogen (secondary N) is 1. The zero-order valence-electron chi connectivity index (χ0n) is 11.5. The summed E-state index contributed by atoms with van der Waals surface area (Å²) in [6.07, 6.45) is 5.75. The Balaban J connectivity index is 2.28. The SMILES string of the molecule is CCCCCNCCn1nc(CC)nc1CC. The quantitative estimate of drug-likeness (QED) is 0.671. The Kier molecular flexibility index (Phi) is 6.86. The van der Waals surface area contributed by atoms with Crippen molar-refractivity contribution in [3.8, 4) is 0 Å². The lowest BCUT2D eigenvalue weighted by Gasteiger charge is -2.06. The summed E-state index contributed by atoms with van der Waals surface area (Å²) < 4.78 is 2.05. The van der Waals surface area contributed by atoms with E-state index in [0.29, 0.717) is 0 Å². The van der Waals surface area contributed by atoms with Gasteiger partial charge in [0.1, 0.15) is 5.82 Å². The third-order valence-electron chi connectivity index (χ3n) is 2.88. The lowest BCUT2D eigenvalue weighted by Crippen LogP contribution is -2.22. The topological polar surface area (TPSA) is 42.7 Å². The summed E-state index contributed by atoms with van der Waals surface area (Å²) in [4.78, 5) is 4.50. The van der Waals surface area contributed by atoms with Crippen LogP contribution in [0.1, 0.15) is 51.7 Å². The van der Waals surface area contributed by atoms with Crippen molar-refractivity contribution in [2.75, 3.05) is 13.1 Å². The van der Waals surface area contributed by atoms with E-state index >= 15 is 0 Å². The molecule has 0 amide bonds. The van der Waals surface area contributed by atoms with Gasteiger partial charge in [0.15, 0.2) is 5.82 Å². The number of hydrogen-bond donors (Lipinski definition) is 1. The van der Waals surface area contributed by atoms with Crippen LogP contribution in [0.5, 0.6) is 0 Å². The molecule has 0 saturated heterocycles. The second-order valence-corrected chi connectivity index (χ2v) is 4.33. The van der Waals surface area contributed by atoms with Gasteiger partial charge in [-0.15, -0.1) is 0 Å². The van der Waals surface area contributed by atoms with Crippen LogP contribution in [0.3, 0.4) is 0 Å². The molecule has 0 aliphatic carbocycles.